The van der Waals surface area contributed by atoms with Crippen LogP contribution in [-0.2, 0) is 14.2 Å². The van der Waals surface area contributed by atoms with Gasteiger partial charge in [0.1, 0.15) is 23.7 Å². The van der Waals surface area contributed by atoms with Crippen LogP contribution in [0.25, 0.3) is 6.08 Å². The fraction of sp³-hybridized carbons (Fsp3) is 0.542. The highest BCUT2D eigenvalue weighted by Gasteiger charge is 2.43. The van der Waals surface area contributed by atoms with Gasteiger partial charge in [-0.05, 0) is 37.8 Å². The normalized spacial score (nSPS) is 28.8. The smallest absolute Gasteiger partial charge is 0.255 e. The second-order valence-corrected chi connectivity index (χ2v) is 8.48. The third kappa shape index (κ3) is 5.89. The summed E-state index contributed by atoms with van der Waals surface area (Å²) in [6.07, 6.45) is 6.14. The fourth-order valence-electron chi connectivity index (χ4n) is 3.83. The summed E-state index contributed by atoms with van der Waals surface area (Å²) in [6, 6.07) is 3.45. The van der Waals surface area contributed by atoms with Crippen molar-refractivity contribution in [3.05, 3.63) is 41.5 Å². The van der Waals surface area contributed by atoms with Crippen LogP contribution in [0.1, 0.15) is 43.1 Å². The molecule has 1 aromatic rings. The number of fused-ring (bicyclic) bond motifs is 2. The SMILES string of the molecule is COCOc1cc(OC)cc2c1C(=O)NC[C@H](C)/C=C\C(O)C1OC(C)(C)OC1CC=C2. The standard InChI is InChI=1S/C24H33NO7/c1-15-9-10-18(26)22-19(31-24(2,3)32-22)8-6-7-16-11-17(29-5)12-20(30-14-28-4)21(16)23(27)25-13-15/h6-7,9-12,15,18-19,22,26H,8,13-14H2,1-5H3,(H,25,27)/b7-6?,10-9-/t15-,18?,19?,22?/m1/s1. The van der Waals surface area contributed by atoms with E-state index in [1.165, 1.54) is 7.11 Å². The molecule has 0 radical (unpaired) electrons. The molecule has 1 fully saturated rings. The van der Waals surface area contributed by atoms with Gasteiger partial charge in [-0.3, -0.25) is 4.79 Å². The van der Waals surface area contributed by atoms with Gasteiger partial charge < -0.3 is 34.1 Å². The van der Waals surface area contributed by atoms with Crippen molar-refractivity contribution in [3.8, 4) is 11.5 Å². The van der Waals surface area contributed by atoms with Gasteiger partial charge in [-0.25, -0.2) is 0 Å². The molecule has 1 aromatic carbocycles. The first-order valence-electron chi connectivity index (χ1n) is 10.7. The molecule has 1 saturated heterocycles. The van der Waals surface area contributed by atoms with E-state index in [4.69, 9.17) is 23.7 Å². The summed E-state index contributed by atoms with van der Waals surface area (Å²) in [4.78, 5) is 13.1. The summed E-state index contributed by atoms with van der Waals surface area (Å²) in [6.45, 7) is 6.01. The average Bonchev–Trinajstić information content (AvgIpc) is 3.07. The number of aliphatic hydroxyl groups is 1. The average molecular weight is 448 g/mol. The predicted molar refractivity (Wildman–Crippen MR) is 120 cm³/mol. The Kier molecular flexibility index (Phi) is 7.95. The number of carbonyl (C=O) groups is 1. The zero-order chi connectivity index (χ0) is 23.3. The lowest BCUT2D eigenvalue weighted by atomic mass is 9.99. The van der Waals surface area contributed by atoms with E-state index in [1.807, 2.05) is 39.0 Å². The second-order valence-electron chi connectivity index (χ2n) is 8.48. The Morgan fingerprint density at radius 2 is 2.00 bits per heavy atom. The van der Waals surface area contributed by atoms with Crippen LogP contribution in [0.2, 0.25) is 0 Å². The van der Waals surface area contributed by atoms with Crippen LogP contribution >= 0.6 is 0 Å². The molecule has 3 rings (SSSR count). The first-order valence-corrected chi connectivity index (χ1v) is 10.7. The van der Waals surface area contributed by atoms with Gasteiger partial charge in [-0.2, -0.15) is 0 Å². The topological polar surface area (TPSA) is 95.5 Å². The monoisotopic (exact) mass is 447 g/mol. The largest absolute Gasteiger partial charge is 0.497 e. The van der Waals surface area contributed by atoms with Crippen molar-refractivity contribution in [1.82, 2.24) is 5.32 Å². The van der Waals surface area contributed by atoms with E-state index in [-0.39, 0.29) is 24.7 Å². The lowest BCUT2D eigenvalue weighted by molar-refractivity contribution is -0.152. The lowest BCUT2D eigenvalue weighted by Gasteiger charge is -2.21. The van der Waals surface area contributed by atoms with Gasteiger partial charge in [-0.15, -0.1) is 0 Å². The van der Waals surface area contributed by atoms with Crippen molar-refractivity contribution in [2.45, 2.75) is 51.3 Å². The zero-order valence-electron chi connectivity index (χ0n) is 19.3. The van der Waals surface area contributed by atoms with E-state index < -0.39 is 18.0 Å². The van der Waals surface area contributed by atoms with E-state index in [0.717, 1.165) is 0 Å². The second kappa shape index (κ2) is 10.5. The summed E-state index contributed by atoms with van der Waals surface area (Å²) < 4.78 is 28.1. The third-order valence-corrected chi connectivity index (χ3v) is 5.35. The Morgan fingerprint density at radius 1 is 1.22 bits per heavy atom. The minimum Gasteiger partial charge on any atom is -0.497 e. The quantitative estimate of drug-likeness (QED) is 0.541. The number of rotatable bonds is 4. The summed E-state index contributed by atoms with van der Waals surface area (Å²) in [7, 11) is 3.07. The highest BCUT2D eigenvalue weighted by molar-refractivity contribution is 6.00. The minimum atomic E-state index is -0.822. The molecule has 0 saturated carbocycles. The molecule has 3 unspecified atom stereocenters. The van der Waals surface area contributed by atoms with Gasteiger partial charge in [0.2, 0.25) is 0 Å². The molecule has 176 valence electrons. The molecule has 8 nitrogen and oxygen atoms in total. The highest BCUT2D eigenvalue weighted by Crippen LogP contribution is 2.34. The molecule has 2 N–H and O–H groups in total. The van der Waals surface area contributed by atoms with Gasteiger partial charge in [0, 0.05) is 19.7 Å². The Bertz CT molecular complexity index is 864. The Labute approximate surface area is 189 Å². The van der Waals surface area contributed by atoms with Crippen LogP contribution in [0, 0.1) is 5.92 Å². The van der Waals surface area contributed by atoms with Crippen LogP contribution in [0.15, 0.2) is 30.4 Å². The molecule has 2 aliphatic rings. The molecule has 8 heteroatoms. The number of ether oxygens (including phenoxy) is 5. The summed E-state index contributed by atoms with van der Waals surface area (Å²) in [5, 5.41) is 13.6. The summed E-state index contributed by atoms with van der Waals surface area (Å²) >= 11 is 0. The lowest BCUT2D eigenvalue weighted by Crippen LogP contribution is -2.34. The van der Waals surface area contributed by atoms with E-state index >= 15 is 0 Å². The Morgan fingerprint density at radius 3 is 2.72 bits per heavy atom. The maximum Gasteiger partial charge on any atom is 0.255 e. The predicted octanol–water partition coefficient (Wildman–Crippen LogP) is 2.90. The molecule has 0 bridgehead atoms. The van der Waals surface area contributed by atoms with Gasteiger partial charge in [-0.1, -0.05) is 31.2 Å². The number of methoxy groups -OCH3 is 2. The molecule has 2 heterocycles. The molecule has 2 aliphatic heterocycles. The van der Waals surface area contributed by atoms with E-state index in [0.29, 0.717) is 35.6 Å². The number of hydrogen-bond acceptors (Lipinski definition) is 7. The molecule has 0 aromatic heterocycles. The molecular weight excluding hydrogens is 414 g/mol. The maximum atomic E-state index is 13.1. The van der Waals surface area contributed by atoms with Crippen molar-refractivity contribution in [2.24, 2.45) is 5.92 Å². The van der Waals surface area contributed by atoms with Crippen LogP contribution in [-0.4, -0.2) is 62.7 Å². The third-order valence-electron chi connectivity index (χ3n) is 5.35. The molecular formula is C24H33NO7. The molecule has 0 aliphatic carbocycles. The molecule has 0 spiro atoms. The van der Waals surface area contributed by atoms with Crippen LogP contribution in [0.3, 0.4) is 0 Å². The first kappa shape index (κ1) is 24.3. The van der Waals surface area contributed by atoms with Gasteiger partial charge >= 0.3 is 0 Å². The van der Waals surface area contributed by atoms with Gasteiger partial charge in [0.05, 0.1) is 18.8 Å². The van der Waals surface area contributed by atoms with E-state index in [2.05, 4.69) is 5.32 Å². The Hall–Kier alpha value is -2.39. The summed E-state index contributed by atoms with van der Waals surface area (Å²) in [5.74, 6) is -0.146. The van der Waals surface area contributed by atoms with Crippen molar-refractivity contribution in [3.63, 3.8) is 0 Å². The number of nitrogens with one attached hydrogen (secondary N) is 1. The van der Waals surface area contributed by atoms with Crippen molar-refractivity contribution in [2.75, 3.05) is 27.6 Å². The number of benzene rings is 1. The number of carbonyl (C=O) groups excluding carboxylic acids is 1. The van der Waals surface area contributed by atoms with Crippen LogP contribution < -0.4 is 14.8 Å². The Balaban J connectivity index is 2.02. The van der Waals surface area contributed by atoms with Crippen molar-refractivity contribution in [1.29, 1.82) is 0 Å². The first-order chi connectivity index (χ1) is 15.2. The van der Waals surface area contributed by atoms with E-state index in [1.54, 1.807) is 25.3 Å². The van der Waals surface area contributed by atoms with Gasteiger partial charge in [0.25, 0.3) is 5.91 Å². The number of hydrogen-bond donors (Lipinski definition) is 2. The number of amides is 1. The summed E-state index contributed by atoms with van der Waals surface area (Å²) in [5.41, 5.74) is 1.04. The van der Waals surface area contributed by atoms with Crippen molar-refractivity contribution < 1.29 is 33.6 Å². The van der Waals surface area contributed by atoms with Crippen LogP contribution in [0.5, 0.6) is 11.5 Å². The zero-order valence-corrected chi connectivity index (χ0v) is 19.3. The molecule has 1 amide bonds. The van der Waals surface area contributed by atoms with Crippen molar-refractivity contribution >= 4 is 12.0 Å². The number of aliphatic hydroxyl groups excluding tert-OH is 1. The minimum absolute atomic E-state index is 0.00233. The molecule has 4 atom stereocenters. The fourth-order valence-corrected chi connectivity index (χ4v) is 3.83. The van der Waals surface area contributed by atoms with Crippen LogP contribution in [0.4, 0.5) is 0 Å². The highest BCUT2D eigenvalue weighted by atomic mass is 16.8. The van der Waals surface area contributed by atoms with Gasteiger partial charge in [0.15, 0.2) is 12.6 Å². The van der Waals surface area contributed by atoms with E-state index in [9.17, 15) is 9.90 Å². The maximum absolute atomic E-state index is 13.1. The molecule has 32 heavy (non-hydrogen) atoms.